The number of likely N-dealkylation sites (tertiary alicyclic amines) is 2. The molecule has 2 aliphatic rings. The van der Waals surface area contributed by atoms with Crippen LogP contribution < -0.4 is 5.32 Å². The highest BCUT2D eigenvalue weighted by atomic mass is 127. The van der Waals surface area contributed by atoms with Crippen LogP contribution in [0.15, 0.2) is 4.99 Å². The summed E-state index contributed by atoms with van der Waals surface area (Å²) in [7, 11) is 0. The van der Waals surface area contributed by atoms with Crippen molar-refractivity contribution in [3.8, 4) is 0 Å². The lowest BCUT2D eigenvalue weighted by Gasteiger charge is -2.35. The molecule has 0 radical (unpaired) electrons. The number of rotatable bonds is 6. The van der Waals surface area contributed by atoms with Crippen LogP contribution in [0.3, 0.4) is 0 Å². The summed E-state index contributed by atoms with van der Waals surface area (Å²) < 4.78 is 0. The van der Waals surface area contributed by atoms with E-state index >= 15 is 0 Å². The molecule has 0 amide bonds. The highest BCUT2D eigenvalue weighted by Crippen LogP contribution is 2.24. The summed E-state index contributed by atoms with van der Waals surface area (Å²) in [6.07, 6.45) is 5.34. The van der Waals surface area contributed by atoms with Gasteiger partial charge in [-0.1, -0.05) is 13.8 Å². The van der Waals surface area contributed by atoms with Gasteiger partial charge in [0.1, 0.15) is 0 Å². The maximum absolute atomic E-state index is 5.03. The number of nitrogens with zero attached hydrogens (tertiary/aromatic N) is 3. The smallest absolute Gasteiger partial charge is 0.193 e. The first kappa shape index (κ1) is 23.0. The highest BCUT2D eigenvalue weighted by Gasteiger charge is 2.26. The highest BCUT2D eigenvalue weighted by molar-refractivity contribution is 14.0. The summed E-state index contributed by atoms with van der Waals surface area (Å²) in [6.45, 7) is 18.3. The standard InChI is InChI=1S/C20H40N4.HI/c1-6-21-20(24-11-9-18(14-24)12-16(2)3)22-13-19-8-7-10-23(15-19)17(4)5;/h16-19H,6-15H2,1-5H3,(H,21,22);1H. The first-order valence-corrected chi connectivity index (χ1v) is 10.3. The fraction of sp³-hybridized carbons (Fsp3) is 0.950. The first-order valence-electron chi connectivity index (χ1n) is 10.3. The molecule has 0 aromatic carbocycles. The molecule has 2 fully saturated rings. The summed E-state index contributed by atoms with van der Waals surface area (Å²) in [5.41, 5.74) is 0. The normalized spacial score (nSPS) is 25.6. The van der Waals surface area contributed by atoms with Crippen LogP contribution in [-0.4, -0.2) is 61.1 Å². The van der Waals surface area contributed by atoms with Crippen molar-refractivity contribution in [1.29, 1.82) is 0 Å². The van der Waals surface area contributed by atoms with Crippen LogP contribution in [0, 0.1) is 17.8 Å². The minimum absolute atomic E-state index is 0. The molecule has 2 saturated heterocycles. The number of nitrogens with one attached hydrogen (secondary N) is 1. The van der Waals surface area contributed by atoms with Crippen LogP contribution in [-0.2, 0) is 0 Å². The molecule has 2 rings (SSSR count). The number of guanidine groups is 1. The Balaban J connectivity index is 0.00000312. The summed E-state index contributed by atoms with van der Waals surface area (Å²) >= 11 is 0. The number of hydrogen-bond donors (Lipinski definition) is 1. The molecule has 2 atom stereocenters. The van der Waals surface area contributed by atoms with Crippen LogP contribution >= 0.6 is 24.0 Å². The summed E-state index contributed by atoms with van der Waals surface area (Å²) in [5.74, 6) is 3.54. The molecule has 0 bridgehead atoms. The largest absolute Gasteiger partial charge is 0.357 e. The van der Waals surface area contributed by atoms with Crippen molar-refractivity contribution in [2.24, 2.45) is 22.7 Å². The molecule has 0 spiro atoms. The third-order valence-corrected chi connectivity index (χ3v) is 5.50. The predicted molar refractivity (Wildman–Crippen MR) is 120 cm³/mol. The van der Waals surface area contributed by atoms with Gasteiger partial charge in [-0.2, -0.15) is 0 Å². The minimum Gasteiger partial charge on any atom is -0.357 e. The van der Waals surface area contributed by atoms with E-state index in [1.807, 2.05) is 0 Å². The summed E-state index contributed by atoms with van der Waals surface area (Å²) in [4.78, 5) is 10.1. The molecule has 0 aliphatic carbocycles. The van der Waals surface area contributed by atoms with Gasteiger partial charge in [0.2, 0.25) is 0 Å². The van der Waals surface area contributed by atoms with Crippen molar-refractivity contribution < 1.29 is 0 Å². The average Bonchev–Trinajstić information content (AvgIpc) is 2.99. The van der Waals surface area contributed by atoms with Gasteiger partial charge < -0.3 is 15.1 Å². The third kappa shape index (κ3) is 7.61. The second-order valence-corrected chi connectivity index (χ2v) is 8.52. The SMILES string of the molecule is CCNC(=NCC1CCCN(C(C)C)C1)N1CCC(CC(C)C)C1.I. The van der Waals surface area contributed by atoms with Gasteiger partial charge in [0, 0.05) is 38.8 Å². The molecule has 1 N–H and O–H groups in total. The quantitative estimate of drug-likeness (QED) is 0.366. The third-order valence-electron chi connectivity index (χ3n) is 5.50. The fourth-order valence-corrected chi connectivity index (χ4v) is 4.24. The van der Waals surface area contributed by atoms with E-state index in [-0.39, 0.29) is 24.0 Å². The molecule has 0 aromatic heterocycles. The monoisotopic (exact) mass is 464 g/mol. The zero-order chi connectivity index (χ0) is 17.5. The minimum atomic E-state index is 0. The number of halogens is 1. The Labute approximate surface area is 173 Å². The van der Waals surface area contributed by atoms with E-state index in [1.54, 1.807) is 0 Å². The number of piperidine rings is 1. The molecule has 0 saturated carbocycles. The maximum atomic E-state index is 5.03. The van der Waals surface area contributed by atoms with E-state index in [0.717, 1.165) is 36.8 Å². The first-order chi connectivity index (χ1) is 11.5. The van der Waals surface area contributed by atoms with Gasteiger partial charge in [-0.05, 0) is 70.8 Å². The topological polar surface area (TPSA) is 30.9 Å². The van der Waals surface area contributed by atoms with Gasteiger partial charge in [0.15, 0.2) is 5.96 Å². The van der Waals surface area contributed by atoms with E-state index in [1.165, 1.54) is 51.9 Å². The Morgan fingerprint density at radius 2 is 1.84 bits per heavy atom. The van der Waals surface area contributed by atoms with Gasteiger partial charge >= 0.3 is 0 Å². The van der Waals surface area contributed by atoms with Gasteiger partial charge in [0.25, 0.3) is 0 Å². The predicted octanol–water partition coefficient (Wildman–Crippen LogP) is 4.06. The lowest BCUT2D eigenvalue weighted by atomic mass is 9.97. The van der Waals surface area contributed by atoms with E-state index in [9.17, 15) is 0 Å². The molecule has 25 heavy (non-hydrogen) atoms. The van der Waals surface area contributed by atoms with E-state index in [2.05, 4.69) is 49.7 Å². The van der Waals surface area contributed by atoms with E-state index < -0.39 is 0 Å². The number of hydrogen-bond acceptors (Lipinski definition) is 2. The van der Waals surface area contributed by atoms with Crippen LogP contribution in [0.25, 0.3) is 0 Å². The Morgan fingerprint density at radius 1 is 1.08 bits per heavy atom. The average molecular weight is 464 g/mol. The Bertz CT molecular complexity index is 397. The zero-order valence-corrected chi connectivity index (χ0v) is 19.5. The van der Waals surface area contributed by atoms with E-state index in [4.69, 9.17) is 4.99 Å². The van der Waals surface area contributed by atoms with Crippen LogP contribution in [0.2, 0.25) is 0 Å². The molecule has 2 unspecified atom stereocenters. The Hall–Kier alpha value is -0.0400. The van der Waals surface area contributed by atoms with Gasteiger partial charge in [-0.15, -0.1) is 24.0 Å². The van der Waals surface area contributed by atoms with Crippen molar-refractivity contribution in [2.45, 2.75) is 66.3 Å². The molecular formula is C20H41IN4. The molecular weight excluding hydrogens is 423 g/mol. The van der Waals surface area contributed by atoms with Crippen molar-refractivity contribution in [3.05, 3.63) is 0 Å². The summed E-state index contributed by atoms with van der Waals surface area (Å²) in [6, 6.07) is 0.667. The maximum Gasteiger partial charge on any atom is 0.193 e. The van der Waals surface area contributed by atoms with Crippen molar-refractivity contribution in [1.82, 2.24) is 15.1 Å². The van der Waals surface area contributed by atoms with Gasteiger partial charge in [0.05, 0.1) is 0 Å². The van der Waals surface area contributed by atoms with Crippen molar-refractivity contribution in [3.63, 3.8) is 0 Å². The fourth-order valence-electron chi connectivity index (χ4n) is 4.24. The number of aliphatic imine (C=N–C) groups is 1. The van der Waals surface area contributed by atoms with Crippen LogP contribution in [0.5, 0.6) is 0 Å². The molecule has 0 aromatic rings. The second-order valence-electron chi connectivity index (χ2n) is 8.52. The lowest BCUT2D eigenvalue weighted by molar-refractivity contribution is 0.143. The van der Waals surface area contributed by atoms with Crippen molar-refractivity contribution in [2.75, 3.05) is 39.3 Å². The Morgan fingerprint density at radius 3 is 2.48 bits per heavy atom. The van der Waals surface area contributed by atoms with Crippen LogP contribution in [0.1, 0.15) is 60.3 Å². The zero-order valence-electron chi connectivity index (χ0n) is 17.1. The molecule has 4 nitrogen and oxygen atoms in total. The molecule has 2 heterocycles. The van der Waals surface area contributed by atoms with E-state index in [0.29, 0.717) is 6.04 Å². The second kappa shape index (κ2) is 11.6. The lowest BCUT2D eigenvalue weighted by Crippen LogP contribution is -2.42. The van der Waals surface area contributed by atoms with Gasteiger partial charge in [-0.3, -0.25) is 4.99 Å². The van der Waals surface area contributed by atoms with Crippen molar-refractivity contribution >= 4 is 29.9 Å². The van der Waals surface area contributed by atoms with Gasteiger partial charge in [-0.25, -0.2) is 0 Å². The summed E-state index contributed by atoms with van der Waals surface area (Å²) in [5, 5.41) is 3.53. The Kier molecular flexibility index (Phi) is 10.7. The molecule has 148 valence electrons. The molecule has 2 aliphatic heterocycles. The molecule has 5 heteroatoms. The van der Waals surface area contributed by atoms with Crippen LogP contribution in [0.4, 0.5) is 0 Å².